The number of nitrogens with zero attached hydrogens (tertiary/aromatic N) is 1. The summed E-state index contributed by atoms with van der Waals surface area (Å²) >= 11 is 1.38. The molecule has 0 aliphatic rings. The third-order valence-electron chi connectivity index (χ3n) is 4.01. The van der Waals surface area contributed by atoms with Crippen molar-refractivity contribution in [1.29, 1.82) is 0 Å². The van der Waals surface area contributed by atoms with Gasteiger partial charge in [0.2, 0.25) is 5.91 Å². The molecule has 2 N–H and O–H groups in total. The highest BCUT2D eigenvalue weighted by Crippen LogP contribution is 2.22. The van der Waals surface area contributed by atoms with Gasteiger partial charge in [-0.15, -0.1) is 11.3 Å². The molecule has 2 rings (SSSR count). The topological polar surface area (TPSA) is 80.3 Å². The molecule has 0 saturated heterocycles. The van der Waals surface area contributed by atoms with Gasteiger partial charge in [0.05, 0.1) is 17.9 Å². The molecule has 0 fully saturated rings. The summed E-state index contributed by atoms with van der Waals surface area (Å²) in [6, 6.07) is 6.32. The molecule has 0 unspecified atom stereocenters. The van der Waals surface area contributed by atoms with Crippen LogP contribution in [0, 0.1) is 5.92 Å². The number of carbonyl (C=O) groups is 2. The Bertz CT molecular complexity index is 786. The fraction of sp³-hybridized carbons (Fsp3) is 0.450. The van der Waals surface area contributed by atoms with E-state index >= 15 is 0 Å². The van der Waals surface area contributed by atoms with Crippen LogP contribution in [0.5, 0.6) is 5.75 Å². The summed E-state index contributed by atoms with van der Waals surface area (Å²) in [5.41, 5.74) is 1.35. The quantitative estimate of drug-likeness (QED) is 0.713. The molecule has 1 aromatic carbocycles. The molecule has 0 aliphatic heterocycles. The standard InChI is InChI=1S/C20H27N3O3S/c1-6-26-16-10-8-7-9-14(16)18(24)22-17(13(4)5)19(25)23-20-21-15(11-27-20)12(2)3/h7-13,17H,6H2,1-5H3,(H,22,24)(H,21,23,25)/t17-/m0/s1. The number of para-hydroxylation sites is 1. The molecule has 0 radical (unpaired) electrons. The summed E-state index contributed by atoms with van der Waals surface area (Å²) in [7, 11) is 0. The number of amides is 2. The maximum atomic E-state index is 12.7. The Balaban J connectivity index is 2.12. The van der Waals surface area contributed by atoms with E-state index in [0.717, 1.165) is 5.69 Å². The van der Waals surface area contributed by atoms with Crippen LogP contribution >= 0.6 is 11.3 Å². The SMILES string of the molecule is CCOc1ccccc1C(=O)N[C@H](C(=O)Nc1nc(C(C)C)cs1)C(C)C. The number of benzene rings is 1. The van der Waals surface area contributed by atoms with Crippen LogP contribution < -0.4 is 15.4 Å². The molecule has 2 amide bonds. The Morgan fingerprint density at radius 2 is 1.89 bits per heavy atom. The van der Waals surface area contributed by atoms with Gasteiger partial charge in [-0.3, -0.25) is 9.59 Å². The molecule has 0 aliphatic carbocycles. The molecule has 1 heterocycles. The van der Waals surface area contributed by atoms with Crippen LogP contribution in [0.15, 0.2) is 29.6 Å². The molecular weight excluding hydrogens is 362 g/mol. The lowest BCUT2D eigenvalue weighted by Gasteiger charge is -2.21. The Labute approximate surface area is 164 Å². The van der Waals surface area contributed by atoms with Crippen molar-refractivity contribution in [2.24, 2.45) is 5.92 Å². The van der Waals surface area contributed by atoms with Gasteiger partial charge in [-0.1, -0.05) is 39.8 Å². The van der Waals surface area contributed by atoms with Gasteiger partial charge < -0.3 is 15.4 Å². The van der Waals surface area contributed by atoms with E-state index in [1.165, 1.54) is 11.3 Å². The van der Waals surface area contributed by atoms with Gasteiger partial charge in [0.1, 0.15) is 11.8 Å². The molecule has 0 spiro atoms. The lowest BCUT2D eigenvalue weighted by atomic mass is 10.0. The van der Waals surface area contributed by atoms with E-state index in [2.05, 4.69) is 15.6 Å². The highest BCUT2D eigenvalue weighted by molar-refractivity contribution is 7.13. The second kappa shape index (κ2) is 9.50. The summed E-state index contributed by atoms with van der Waals surface area (Å²) < 4.78 is 5.51. The number of aromatic nitrogens is 1. The van der Waals surface area contributed by atoms with Crippen molar-refractivity contribution in [2.75, 3.05) is 11.9 Å². The Morgan fingerprint density at radius 1 is 1.19 bits per heavy atom. The third kappa shape index (κ3) is 5.53. The summed E-state index contributed by atoms with van der Waals surface area (Å²) in [5, 5.41) is 8.12. The zero-order valence-electron chi connectivity index (χ0n) is 16.4. The number of hydrogen-bond donors (Lipinski definition) is 2. The highest BCUT2D eigenvalue weighted by atomic mass is 32.1. The van der Waals surface area contributed by atoms with Crippen molar-refractivity contribution in [2.45, 2.75) is 46.6 Å². The van der Waals surface area contributed by atoms with Gasteiger partial charge in [-0.05, 0) is 30.9 Å². The maximum Gasteiger partial charge on any atom is 0.255 e. The molecule has 27 heavy (non-hydrogen) atoms. The number of thiazole rings is 1. The number of hydrogen-bond acceptors (Lipinski definition) is 5. The van der Waals surface area contributed by atoms with Gasteiger partial charge in [0, 0.05) is 5.38 Å². The summed E-state index contributed by atoms with van der Waals surface area (Å²) in [5.74, 6) is 0.0917. The summed E-state index contributed by atoms with van der Waals surface area (Å²) in [6.45, 7) is 10.2. The molecule has 0 saturated carbocycles. The minimum absolute atomic E-state index is 0.0854. The fourth-order valence-corrected chi connectivity index (χ4v) is 3.36. The number of anilines is 1. The second-order valence-corrected chi connectivity index (χ2v) is 7.70. The molecule has 7 heteroatoms. The van der Waals surface area contributed by atoms with Crippen LogP contribution in [0.2, 0.25) is 0 Å². The first kappa shape index (κ1) is 20.9. The van der Waals surface area contributed by atoms with Crippen LogP contribution in [-0.4, -0.2) is 29.4 Å². The van der Waals surface area contributed by atoms with Gasteiger partial charge >= 0.3 is 0 Å². The summed E-state index contributed by atoms with van der Waals surface area (Å²) in [6.07, 6.45) is 0. The normalized spacial score (nSPS) is 12.1. The van der Waals surface area contributed by atoms with Crippen LogP contribution in [0.25, 0.3) is 0 Å². The zero-order chi connectivity index (χ0) is 20.0. The molecule has 0 bridgehead atoms. The highest BCUT2D eigenvalue weighted by Gasteiger charge is 2.26. The van der Waals surface area contributed by atoms with E-state index in [9.17, 15) is 9.59 Å². The van der Waals surface area contributed by atoms with Crippen LogP contribution in [0.4, 0.5) is 5.13 Å². The first-order valence-electron chi connectivity index (χ1n) is 9.12. The average molecular weight is 390 g/mol. The number of nitrogens with one attached hydrogen (secondary N) is 2. The van der Waals surface area contributed by atoms with Crippen molar-refractivity contribution in [3.8, 4) is 5.75 Å². The molecule has 2 aromatic rings. The largest absolute Gasteiger partial charge is 0.493 e. The number of carbonyl (C=O) groups excluding carboxylic acids is 2. The van der Waals surface area contributed by atoms with Crippen molar-refractivity contribution in [1.82, 2.24) is 10.3 Å². The smallest absolute Gasteiger partial charge is 0.255 e. The van der Waals surface area contributed by atoms with Crippen molar-refractivity contribution in [3.05, 3.63) is 40.9 Å². The molecule has 1 atom stereocenters. The van der Waals surface area contributed by atoms with E-state index in [1.54, 1.807) is 18.2 Å². The fourth-order valence-electron chi connectivity index (χ4n) is 2.48. The predicted molar refractivity (Wildman–Crippen MR) is 109 cm³/mol. The Morgan fingerprint density at radius 3 is 2.48 bits per heavy atom. The lowest BCUT2D eigenvalue weighted by Crippen LogP contribution is -2.47. The monoisotopic (exact) mass is 389 g/mol. The van der Waals surface area contributed by atoms with Gasteiger partial charge in [0.25, 0.3) is 5.91 Å². The Kier molecular flexibility index (Phi) is 7.36. The maximum absolute atomic E-state index is 12.7. The van der Waals surface area contributed by atoms with Gasteiger partial charge in [-0.25, -0.2) is 4.98 Å². The van der Waals surface area contributed by atoms with Crippen molar-refractivity contribution < 1.29 is 14.3 Å². The molecule has 1 aromatic heterocycles. The van der Waals surface area contributed by atoms with E-state index in [-0.39, 0.29) is 17.7 Å². The van der Waals surface area contributed by atoms with E-state index in [4.69, 9.17) is 4.74 Å². The second-order valence-electron chi connectivity index (χ2n) is 6.85. The first-order valence-corrected chi connectivity index (χ1v) is 10.00. The van der Waals surface area contributed by atoms with Crippen LogP contribution in [0.1, 0.15) is 56.6 Å². The van der Waals surface area contributed by atoms with Crippen molar-refractivity contribution >= 4 is 28.3 Å². The molecular formula is C20H27N3O3S. The van der Waals surface area contributed by atoms with Gasteiger partial charge in [0.15, 0.2) is 5.13 Å². The summed E-state index contributed by atoms with van der Waals surface area (Å²) in [4.78, 5) is 29.9. The lowest BCUT2D eigenvalue weighted by molar-refractivity contribution is -0.118. The minimum atomic E-state index is -0.682. The van der Waals surface area contributed by atoms with Crippen molar-refractivity contribution in [3.63, 3.8) is 0 Å². The molecule has 146 valence electrons. The third-order valence-corrected chi connectivity index (χ3v) is 4.79. The number of ether oxygens (including phenoxy) is 1. The first-order chi connectivity index (χ1) is 12.8. The van der Waals surface area contributed by atoms with E-state index in [1.807, 2.05) is 46.1 Å². The predicted octanol–water partition coefficient (Wildman–Crippen LogP) is 4.06. The van der Waals surface area contributed by atoms with Crippen LogP contribution in [0.3, 0.4) is 0 Å². The van der Waals surface area contributed by atoms with E-state index < -0.39 is 6.04 Å². The zero-order valence-corrected chi connectivity index (χ0v) is 17.2. The number of rotatable bonds is 8. The van der Waals surface area contributed by atoms with Gasteiger partial charge in [-0.2, -0.15) is 0 Å². The van der Waals surface area contributed by atoms with E-state index in [0.29, 0.717) is 29.0 Å². The van der Waals surface area contributed by atoms with Crippen LogP contribution in [-0.2, 0) is 4.79 Å². The average Bonchev–Trinajstić information content (AvgIpc) is 3.08. The molecule has 6 nitrogen and oxygen atoms in total. The minimum Gasteiger partial charge on any atom is -0.493 e. The Hall–Kier alpha value is -2.41.